The number of anilines is 2. The number of benzene rings is 1. The number of ether oxygens (including phenoxy) is 1. The Bertz CT molecular complexity index is 716. The summed E-state index contributed by atoms with van der Waals surface area (Å²) in [4.78, 5) is 17.4. The number of carbonyl (C=O) groups excluding carboxylic acids is 1. The van der Waals surface area contributed by atoms with Crippen LogP contribution in [0, 0.1) is 17.7 Å². The molecule has 1 fully saturated rings. The van der Waals surface area contributed by atoms with Crippen molar-refractivity contribution in [1.29, 1.82) is 0 Å². The number of nitrogens with zero attached hydrogens (tertiary/aromatic N) is 2. The molecule has 25 heavy (non-hydrogen) atoms. The summed E-state index contributed by atoms with van der Waals surface area (Å²) in [5.74, 6) is -0.769. The first-order valence-electron chi connectivity index (χ1n) is 8.47. The Morgan fingerprint density at radius 1 is 1.12 bits per heavy atom. The van der Waals surface area contributed by atoms with Crippen LogP contribution in [0.4, 0.5) is 25.0 Å². The zero-order valence-corrected chi connectivity index (χ0v) is 13.8. The fourth-order valence-electron chi connectivity index (χ4n) is 3.08. The molecule has 1 aliphatic carbocycles. The third kappa shape index (κ3) is 4.53. The Kier molecular flexibility index (Phi) is 5.58. The summed E-state index contributed by atoms with van der Waals surface area (Å²) in [6.45, 7) is 0.333. The minimum atomic E-state index is -0.654. The summed E-state index contributed by atoms with van der Waals surface area (Å²) in [5, 5.41) is 0. The molecular weight excluding hydrogens is 326 g/mol. The molecule has 132 valence electrons. The molecule has 0 bridgehead atoms. The van der Waals surface area contributed by atoms with Crippen molar-refractivity contribution in [3.05, 3.63) is 54.4 Å². The molecule has 4 nitrogen and oxygen atoms in total. The van der Waals surface area contributed by atoms with E-state index in [1.165, 1.54) is 41.8 Å². The van der Waals surface area contributed by atoms with Crippen LogP contribution in [-0.4, -0.2) is 17.7 Å². The summed E-state index contributed by atoms with van der Waals surface area (Å²) in [5.41, 5.74) is 0.627. The quantitative estimate of drug-likeness (QED) is 0.713. The predicted molar refractivity (Wildman–Crippen MR) is 90.7 cm³/mol. The summed E-state index contributed by atoms with van der Waals surface area (Å²) >= 11 is 0. The van der Waals surface area contributed by atoms with Crippen molar-refractivity contribution in [2.75, 3.05) is 11.5 Å². The normalized spacial score (nSPS) is 15.0. The Labute approximate surface area is 145 Å². The van der Waals surface area contributed by atoms with Gasteiger partial charge in [-0.25, -0.2) is 19.1 Å². The molecule has 3 rings (SSSR count). The first-order chi connectivity index (χ1) is 12.1. The molecule has 1 saturated carbocycles. The Morgan fingerprint density at radius 2 is 1.92 bits per heavy atom. The van der Waals surface area contributed by atoms with Crippen molar-refractivity contribution < 1.29 is 18.3 Å². The second-order valence-corrected chi connectivity index (χ2v) is 6.24. The lowest BCUT2D eigenvalue weighted by Crippen LogP contribution is -2.29. The second-order valence-electron chi connectivity index (χ2n) is 6.24. The van der Waals surface area contributed by atoms with Crippen LogP contribution in [0.1, 0.15) is 32.1 Å². The molecular formula is C19H20F2N2O2. The smallest absolute Gasteiger partial charge is 0.419 e. The van der Waals surface area contributed by atoms with Crippen LogP contribution < -0.4 is 4.90 Å². The van der Waals surface area contributed by atoms with Gasteiger partial charge in [0.15, 0.2) is 0 Å². The lowest BCUT2D eigenvalue weighted by molar-refractivity contribution is 0.124. The molecule has 1 amide bonds. The number of amides is 1. The molecule has 1 aromatic heterocycles. The first-order valence-corrected chi connectivity index (χ1v) is 8.47. The van der Waals surface area contributed by atoms with Crippen molar-refractivity contribution in [3.63, 3.8) is 0 Å². The topological polar surface area (TPSA) is 42.4 Å². The highest BCUT2D eigenvalue weighted by molar-refractivity contribution is 5.95. The van der Waals surface area contributed by atoms with Gasteiger partial charge in [0.2, 0.25) is 5.95 Å². The monoisotopic (exact) mass is 346 g/mol. The zero-order chi connectivity index (χ0) is 17.6. The molecule has 1 aliphatic rings. The van der Waals surface area contributed by atoms with E-state index in [0.29, 0.717) is 23.9 Å². The molecule has 0 N–H and O–H groups in total. The number of hydrogen-bond acceptors (Lipinski definition) is 3. The number of halogens is 2. The highest BCUT2D eigenvalue weighted by atomic mass is 19.1. The molecule has 6 heteroatoms. The van der Waals surface area contributed by atoms with Gasteiger partial charge in [0, 0.05) is 0 Å². The highest BCUT2D eigenvalue weighted by Gasteiger charge is 2.23. The van der Waals surface area contributed by atoms with Gasteiger partial charge < -0.3 is 4.74 Å². The van der Waals surface area contributed by atoms with Gasteiger partial charge in [0.25, 0.3) is 0 Å². The van der Waals surface area contributed by atoms with E-state index in [9.17, 15) is 13.6 Å². The minimum Gasteiger partial charge on any atom is -0.449 e. The number of hydrogen-bond donors (Lipinski definition) is 0. The van der Waals surface area contributed by atoms with E-state index in [0.717, 1.165) is 31.7 Å². The van der Waals surface area contributed by atoms with Crippen LogP contribution in [-0.2, 0) is 4.74 Å². The molecule has 2 aromatic rings. The van der Waals surface area contributed by atoms with E-state index in [4.69, 9.17) is 4.74 Å². The number of aromatic nitrogens is 1. The van der Waals surface area contributed by atoms with Crippen LogP contribution in [0.15, 0.2) is 42.6 Å². The molecule has 1 aromatic carbocycles. The molecule has 0 saturated heterocycles. The van der Waals surface area contributed by atoms with Gasteiger partial charge in [-0.3, -0.25) is 0 Å². The Hall–Kier alpha value is -2.50. The molecule has 0 spiro atoms. The van der Waals surface area contributed by atoms with Crippen LogP contribution in [0.25, 0.3) is 0 Å². The van der Waals surface area contributed by atoms with Crippen LogP contribution in [0.2, 0.25) is 0 Å². The van der Waals surface area contributed by atoms with Gasteiger partial charge in [-0.15, -0.1) is 0 Å². The third-order valence-corrected chi connectivity index (χ3v) is 4.39. The van der Waals surface area contributed by atoms with E-state index >= 15 is 0 Å². The van der Waals surface area contributed by atoms with E-state index in [1.807, 2.05) is 0 Å². The van der Waals surface area contributed by atoms with Gasteiger partial charge >= 0.3 is 6.09 Å². The molecule has 1 heterocycles. The van der Waals surface area contributed by atoms with Crippen molar-refractivity contribution >= 4 is 17.5 Å². The average Bonchev–Trinajstić information content (AvgIpc) is 2.63. The SMILES string of the molecule is O=C(OCC1CCCCC1)N(c1ccc(F)nc1)c1cccc(F)c1. The van der Waals surface area contributed by atoms with Crippen molar-refractivity contribution in [3.8, 4) is 0 Å². The van der Waals surface area contributed by atoms with E-state index in [1.54, 1.807) is 6.07 Å². The van der Waals surface area contributed by atoms with Gasteiger partial charge in [-0.1, -0.05) is 25.3 Å². The largest absolute Gasteiger partial charge is 0.449 e. The van der Waals surface area contributed by atoms with E-state index in [-0.39, 0.29) is 0 Å². The number of carbonyl (C=O) groups is 1. The lowest BCUT2D eigenvalue weighted by Gasteiger charge is -2.25. The summed E-state index contributed by atoms with van der Waals surface area (Å²) in [6, 6.07) is 8.17. The molecule has 0 aliphatic heterocycles. The van der Waals surface area contributed by atoms with Crippen LogP contribution in [0.3, 0.4) is 0 Å². The van der Waals surface area contributed by atoms with Crippen molar-refractivity contribution in [1.82, 2.24) is 4.98 Å². The maximum Gasteiger partial charge on any atom is 0.419 e. The van der Waals surface area contributed by atoms with Crippen LogP contribution in [0.5, 0.6) is 0 Å². The van der Waals surface area contributed by atoms with E-state index < -0.39 is 17.9 Å². The average molecular weight is 346 g/mol. The van der Waals surface area contributed by atoms with Gasteiger partial charge in [0.1, 0.15) is 5.82 Å². The summed E-state index contributed by atoms with van der Waals surface area (Å²) in [6.07, 6.45) is 6.22. The van der Waals surface area contributed by atoms with Crippen molar-refractivity contribution in [2.24, 2.45) is 5.92 Å². The minimum absolute atomic E-state index is 0.307. The first kappa shape index (κ1) is 17.3. The summed E-state index contributed by atoms with van der Waals surface area (Å²) < 4.78 is 32.2. The fraction of sp³-hybridized carbons (Fsp3) is 0.368. The maximum absolute atomic E-state index is 13.6. The molecule has 0 radical (unpaired) electrons. The molecule has 0 atom stereocenters. The number of pyridine rings is 1. The summed E-state index contributed by atoms with van der Waals surface area (Å²) in [7, 11) is 0. The standard InChI is InChI=1S/C19H20F2N2O2/c20-15-7-4-8-16(11-15)23(17-9-10-18(21)22-12-17)19(24)25-13-14-5-2-1-3-6-14/h4,7-12,14H,1-3,5-6,13H2. The Balaban J connectivity index is 1.80. The third-order valence-electron chi connectivity index (χ3n) is 4.39. The molecule has 0 unspecified atom stereocenters. The zero-order valence-electron chi connectivity index (χ0n) is 13.8. The number of rotatable bonds is 4. The van der Waals surface area contributed by atoms with Crippen LogP contribution >= 0.6 is 0 Å². The predicted octanol–water partition coefficient (Wildman–Crippen LogP) is 5.21. The maximum atomic E-state index is 13.6. The van der Waals surface area contributed by atoms with Crippen molar-refractivity contribution in [2.45, 2.75) is 32.1 Å². The highest BCUT2D eigenvalue weighted by Crippen LogP contribution is 2.28. The second kappa shape index (κ2) is 8.05. The van der Waals surface area contributed by atoms with Gasteiger partial charge in [0.05, 0.1) is 24.2 Å². The van der Waals surface area contributed by atoms with Gasteiger partial charge in [-0.2, -0.15) is 4.39 Å². The van der Waals surface area contributed by atoms with Gasteiger partial charge in [-0.05, 0) is 49.1 Å². The van der Waals surface area contributed by atoms with E-state index in [2.05, 4.69) is 4.98 Å². The fourth-order valence-corrected chi connectivity index (χ4v) is 3.08. The lowest BCUT2D eigenvalue weighted by atomic mass is 9.90. The Morgan fingerprint density at radius 3 is 2.60 bits per heavy atom.